The molecule has 3 N–H and O–H groups in total. The summed E-state index contributed by atoms with van der Waals surface area (Å²) >= 11 is 0. The first-order valence-electron chi connectivity index (χ1n) is 10.5. The van der Waals surface area contributed by atoms with Gasteiger partial charge >= 0.3 is 0 Å². The van der Waals surface area contributed by atoms with Gasteiger partial charge in [-0.25, -0.2) is 0 Å². The molecule has 0 atom stereocenters. The third-order valence-corrected chi connectivity index (χ3v) is 4.50. The number of amides is 1. The second-order valence-corrected chi connectivity index (χ2v) is 7.59. The topological polar surface area (TPSA) is 68.8 Å². The number of hydrogen-bond donors (Lipinski definition) is 3. The van der Waals surface area contributed by atoms with Gasteiger partial charge < -0.3 is 16.0 Å². The van der Waals surface area contributed by atoms with Crippen LogP contribution in [0.4, 0.5) is 5.69 Å². The SMILES string of the molecule is CCNC(=NCCCN(C(C)C)C(C)C)NCCc1ccc(NC(C)=O)cc1. The quantitative estimate of drug-likeness (QED) is 0.309. The Morgan fingerprint density at radius 1 is 1.07 bits per heavy atom. The van der Waals surface area contributed by atoms with Gasteiger partial charge in [0.05, 0.1) is 0 Å². The summed E-state index contributed by atoms with van der Waals surface area (Å²) in [4.78, 5) is 18.3. The molecule has 0 aromatic heterocycles. The van der Waals surface area contributed by atoms with Gasteiger partial charge in [-0.05, 0) is 65.2 Å². The van der Waals surface area contributed by atoms with Gasteiger partial charge in [0.2, 0.25) is 5.91 Å². The Hall–Kier alpha value is -2.08. The number of rotatable bonds is 11. The van der Waals surface area contributed by atoms with E-state index in [2.05, 4.69) is 55.5 Å². The maximum atomic E-state index is 11.1. The van der Waals surface area contributed by atoms with Crippen molar-refractivity contribution in [2.75, 3.05) is 31.5 Å². The van der Waals surface area contributed by atoms with Crippen LogP contribution in [0.25, 0.3) is 0 Å². The van der Waals surface area contributed by atoms with Crippen molar-refractivity contribution < 1.29 is 4.79 Å². The maximum absolute atomic E-state index is 11.1. The van der Waals surface area contributed by atoms with Gasteiger partial charge in [-0.3, -0.25) is 14.7 Å². The molecule has 0 aliphatic carbocycles. The number of carbonyl (C=O) groups excluding carboxylic acids is 1. The standard InChI is InChI=1S/C22H39N5O/c1-7-23-22(24-14-8-16-27(17(2)3)18(4)5)25-15-13-20-9-11-21(12-10-20)26-19(6)28/h9-12,17-18H,7-8,13-16H2,1-6H3,(H,26,28)(H2,23,24,25). The summed E-state index contributed by atoms with van der Waals surface area (Å²) in [5.41, 5.74) is 2.05. The molecule has 1 rings (SSSR count). The number of nitrogens with zero attached hydrogens (tertiary/aromatic N) is 2. The molecule has 6 nitrogen and oxygen atoms in total. The van der Waals surface area contributed by atoms with Crippen molar-refractivity contribution in [1.29, 1.82) is 0 Å². The average Bonchev–Trinajstić information content (AvgIpc) is 2.61. The zero-order chi connectivity index (χ0) is 20.9. The van der Waals surface area contributed by atoms with Gasteiger partial charge in [0.1, 0.15) is 0 Å². The average molecular weight is 390 g/mol. The normalized spacial score (nSPS) is 12.0. The molecular weight excluding hydrogens is 350 g/mol. The molecule has 1 aromatic rings. The van der Waals surface area contributed by atoms with Crippen molar-refractivity contribution in [2.45, 2.75) is 66.5 Å². The molecule has 0 saturated carbocycles. The molecule has 158 valence electrons. The molecule has 0 fully saturated rings. The monoisotopic (exact) mass is 389 g/mol. The molecule has 28 heavy (non-hydrogen) atoms. The Balaban J connectivity index is 2.42. The Labute approximate surface area is 171 Å². The fourth-order valence-electron chi connectivity index (χ4n) is 3.18. The van der Waals surface area contributed by atoms with Crippen LogP contribution in [0, 0.1) is 0 Å². The summed E-state index contributed by atoms with van der Waals surface area (Å²) in [5.74, 6) is 0.823. The van der Waals surface area contributed by atoms with Gasteiger partial charge in [0, 0.05) is 50.9 Å². The van der Waals surface area contributed by atoms with E-state index in [4.69, 9.17) is 4.99 Å². The van der Waals surface area contributed by atoms with Gasteiger partial charge in [-0.1, -0.05) is 12.1 Å². The highest BCUT2D eigenvalue weighted by molar-refractivity contribution is 5.88. The zero-order valence-corrected chi connectivity index (χ0v) is 18.5. The molecule has 0 unspecified atom stereocenters. The van der Waals surface area contributed by atoms with Crippen LogP contribution in [0.5, 0.6) is 0 Å². The maximum Gasteiger partial charge on any atom is 0.221 e. The second-order valence-electron chi connectivity index (χ2n) is 7.59. The molecule has 0 bridgehead atoms. The molecule has 0 spiro atoms. The zero-order valence-electron chi connectivity index (χ0n) is 18.5. The van der Waals surface area contributed by atoms with Crippen molar-refractivity contribution in [1.82, 2.24) is 15.5 Å². The van der Waals surface area contributed by atoms with Crippen molar-refractivity contribution in [3.8, 4) is 0 Å². The predicted octanol–water partition coefficient (Wildman–Crippen LogP) is 3.25. The Bertz CT molecular complexity index is 587. The number of nitrogens with one attached hydrogen (secondary N) is 3. The molecule has 6 heteroatoms. The first-order valence-corrected chi connectivity index (χ1v) is 10.5. The summed E-state index contributed by atoms with van der Waals surface area (Å²) in [6.07, 6.45) is 1.96. The largest absolute Gasteiger partial charge is 0.357 e. The number of aliphatic imine (C=N–C) groups is 1. The Morgan fingerprint density at radius 3 is 2.25 bits per heavy atom. The van der Waals surface area contributed by atoms with Crippen LogP contribution in [0.15, 0.2) is 29.3 Å². The van der Waals surface area contributed by atoms with E-state index >= 15 is 0 Å². The minimum Gasteiger partial charge on any atom is -0.357 e. The molecule has 0 aliphatic rings. The lowest BCUT2D eigenvalue weighted by molar-refractivity contribution is -0.114. The third kappa shape index (κ3) is 9.74. The summed E-state index contributed by atoms with van der Waals surface area (Å²) in [6.45, 7) is 16.1. The van der Waals surface area contributed by atoms with Crippen molar-refractivity contribution in [2.24, 2.45) is 4.99 Å². The minimum atomic E-state index is -0.0502. The van der Waals surface area contributed by atoms with Gasteiger partial charge in [0.15, 0.2) is 5.96 Å². The lowest BCUT2D eigenvalue weighted by atomic mass is 10.1. The summed E-state index contributed by atoms with van der Waals surface area (Å²) in [5, 5.41) is 9.50. The molecule has 1 aromatic carbocycles. The number of benzene rings is 1. The highest BCUT2D eigenvalue weighted by atomic mass is 16.1. The molecule has 0 radical (unpaired) electrons. The van der Waals surface area contributed by atoms with E-state index in [0.717, 1.165) is 50.7 Å². The highest BCUT2D eigenvalue weighted by Gasteiger charge is 2.12. The smallest absolute Gasteiger partial charge is 0.221 e. The van der Waals surface area contributed by atoms with Gasteiger partial charge in [0.25, 0.3) is 0 Å². The van der Waals surface area contributed by atoms with E-state index in [1.165, 1.54) is 12.5 Å². The number of anilines is 1. The van der Waals surface area contributed by atoms with E-state index in [0.29, 0.717) is 12.1 Å². The fraction of sp³-hybridized carbons (Fsp3) is 0.636. The molecular formula is C22H39N5O. The Morgan fingerprint density at radius 2 is 1.71 bits per heavy atom. The van der Waals surface area contributed by atoms with E-state index in [-0.39, 0.29) is 5.91 Å². The van der Waals surface area contributed by atoms with Crippen LogP contribution in [0.1, 0.15) is 53.5 Å². The Kier molecular flexibility index (Phi) is 11.3. The first kappa shape index (κ1) is 24.0. The lowest BCUT2D eigenvalue weighted by Gasteiger charge is -2.30. The molecule has 0 saturated heterocycles. The minimum absolute atomic E-state index is 0.0502. The summed E-state index contributed by atoms with van der Waals surface area (Å²) in [6, 6.07) is 9.09. The van der Waals surface area contributed by atoms with Gasteiger partial charge in [-0.2, -0.15) is 0 Å². The van der Waals surface area contributed by atoms with Crippen LogP contribution >= 0.6 is 0 Å². The fourth-order valence-corrected chi connectivity index (χ4v) is 3.18. The van der Waals surface area contributed by atoms with Crippen molar-refractivity contribution in [3.05, 3.63) is 29.8 Å². The first-order chi connectivity index (χ1) is 13.3. The predicted molar refractivity (Wildman–Crippen MR) is 120 cm³/mol. The molecule has 1 amide bonds. The van der Waals surface area contributed by atoms with Crippen LogP contribution in [-0.2, 0) is 11.2 Å². The van der Waals surface area contributed by atoms with Crippen LogP contribution in [0.2, 0.25) is 0 Å². The van der Waals surface area contributed by atoms with Crippen LogP contribution in [0.3, 0.4) is 0 Å². The third-order valence-electron chi connectivity index (χ3n) is 4.50. The number of hydrogen-bond acceptors (Lipinski definition) is 3. The number of carbonyl (C=O) groups is 1. The molecule has 0 aliphatic heterocycles. The van der Waals surface area contributed by atoms with E-state index in [1.807, 2.05) is 24.3 Å². The summed E-state index contributed by atoms with van der Waals surface area (Å²) in [7, 11) is 0. The van der Waals surface area contributed by atoms with Crippen LogP contribution < -0.4 is 16.0 Å². The highest BCUT2D eigenvalue weighted by Crippen LogP contribution is 2.09. The van der Waals surface area contributed by atoms with E-state index in [9.17, 15) is 4.79 Å². The van der Waals surface area contributed by atoms with Crippen molar-refractivity contribution in [3.63, 3.8) is 0 Å². The molecule has 0 heterocycles. The second kappa shape index (κ2) is 13.2. The lowest BCUT2D eigenvalue weighted by Crippen LogP contribution is -2.39. The number of guanidine groups is 1. The van der Waals surface area contributed by atoms with E-state index in [1.54, 1.807) is 0 Å². The van der Waals surface area contributed by atoms with E-state index < -0.39 is 0 Å². The van der Waals surface area contributed by atoms with Crippen LogP contribution in [-0.4, -0.2) is 55.0 Å². The van der Waals surface area contributed by atoms with Crippen molar-refractivity contribution >= 4 is 17.6 Å². The summed E-state index contributed by atoms with van der Waals surface area (Å²) < 4.78 is 0. The van der Waals surface area contributed by atoms with Gasteiger partial charge in [-0.15, -0.1) is 0 Å².